The van der Waals surface area contributed by atoms with Crippen molar-refractivity contribution in [2.75, 3.05) is 29.9 Å². The molecule has 11 heteroatoms. The summed E-state index contributed by atoms with van der Waals surface area (Å²) in [6.45, 7) is 1.27. The molecule has 27 heavy (non-hydrogen) atoms. The second-order valence-electron chi connectivity index (χ2n) is 6.05. The molecule has 3 rings (SSSR count). The predicted octanol–water partition coefficient (Wildman–Crippen LogP) is 1.50. The van der Waals surface area contributed by atoms with Crippen LogP contribution >= 0.6 is 11.8 Å². The van der Waals surface area contributed by atoms with Crippen LogP contribution in [0.3, 0.4) is 0 Å². The lowest BCUT2D eigenvalue weighted by atomic mass is 10.2. The fraction of sp³-hybridized carbons (Fsp3) is 0.438. The van der Waals surface area contributed by atoms with Crippen LogP contribution in [0.5, 0.6) is 0 Å². The molecule has 1 saturated heterocycles. The Kier molecular flexibility index (Phi) is 6.34. The molecular formula is C16H20N4O5S2. The van der Waals surface area contributed by atoms with E-state index in [1.807, 2.05) is 0 Å². The number of amides is 1. The van der Waals surface area contributed by atoms with Gasteiger partial charge in [0.1, 0.15) is 0 Å². The normalized spacial score (nSPS) is 17.0. The van der Waals surface area contributed by atoms with Crippen molar-refractivity contribution < 1.29 is 22.4 Å². The highest BCUT2D eigenvalue weighted by atomic mass is 32.2. The van der Waals surface area contributed by atoms with Crippen molar-refractivity contribution in [2.45, 2.75) is 24.2 Å². The van der Waals surface area contributed by atoms with Gasteiger partial charge in [-0.25, -0.2) is 8.42 Å². The average molecular weight is 412 g/mol. The number of aromatic nitrogens is 2. The molecule has 1 atom stereocenters. The molecule has 1 unspecified atom stereocenters. The predicted molar refractivity (Wildman–Crippen MR) is 101 cm³/mol. The number of nitrogens with zero attached hydrogens (tertiary/aromatic N) is 2. The van der Waals surface area contributed by atoms with Crippen molar-refractivity contribution in [3.63, 3.8) is 0 Å². The highest BCUT2D eigenvalue weighted by Gasteiger charge is 2.17. The van der Waals surface area contributed by atoms with E-state index < -0.39 is 10.0 Å². The maximum atomic E-state index is 11.9. The average Bonchev–Trinajstić information content (AvgIpc) is 3.29. The first-order chi connectivity index (χ1) is 12.9. The molecule has 1 aliphatic rings. The Hall–Kier alpha value is -2.11. The zero-order chi connectivity index (χ0) is 19.3. The van der Waals surface area contributed by atoms with Crippen molar-refractivity contribution in [2.24, 2.45) is 0 Å². The van der Waals surface area contributed by atoms with Gasteiger partial charge in [-0.05, 0) is 37.1 Å². The molecular weight excluding hydrogens is 392 g/mol. The van der Waals surface area contributed by atoms with Gasteiger partial charge in [-0.1, -0.05) is 11.8 Å². The standard InChI is InChI=1S/C16H20N4O5S2/c1-27(22,23)20-12-6-4-11(5-7-12)15-18-19-16(25-15)26-10-14(21)17-9-13-3-2-8-24-13/h4-7,13,20H,2-3,8-10H2,1H3,(H,17,21). The number of rotatable bonds is 8. The molecule has 1 aliphatic heterocycles. The lowest BCUT2D eigenvalue weighted by Gasteiger charge is -2.09. The van der Waals surface area contributed by atoms with Crippen molar-refractivity contribution in [3.05, 3.63) is 24.3 Å². The first-order valence-corrected chi connectivity index (χ1v) is 11.2. The fourth-order valence-electron chi connectivity index (χ4n) is 2.49. The summed E-state index contributed by atoms with van der Waals surface area (Å²) in [6.07, 6.45) is 3.19. The summed E-state index contributed by atoms with van der Waals surface area (Å²) >= 11 is 1.15. The summed E-state index contributed by atoms with van der Waals surface area (Å²) in [7, 11) is -3.33. The van der Waals surface area contributed by atoms with Gasteiger partial charge in [0, 0.05) is 24.4 Å². The summed E-state index contributed by atoms with van der Waals surface area (Å²) < 4.78 is 35.8. The van der Waals surface area contributed by atoms with Gasteiger partial charge in [-0.3, -0.25) is 9.52 Å². The zero-order valence-corrected chi connectivity index (χ0v) is 16.3. The van der Waals surface area contributed by atoms with E-state index in [2.05, 4.69) is 20.2 Å². The number of sulfonamides is 1. The minimum absolute atomic E-state index is 0.106. The van der Waals surface area contributed by atoms with Crippen LogP contribution in [0, 0.1) is 0 Å². The van der Waals surface area contributed by atoms with Gasteiger partial charge in [0.15, 0.2) is 0 Å². The Morgan fingerprint density at radius 1 is 1.30 bits per heavy atom. The molecule has 1 aromatic heterocycles. The number of carbonyl (C=O) groups excluding carboxylic acids is 1. The number of nitrogens with one attached hydrogen (secondary N) is 2. The van der Waals surface area contributed by atoms with Gasteiger partial charge >= 0.3 is 0 Å². The maximum Gasteiger partial charge on any atom is 0.277 e. The molecule has 0 radical (unpaired) electrons. The Morgan fingerprint density at radius 2 is 2.07 bits per heavy atom. The van der Waals surface area contributed by atoms with Gasteiger partial charge in [-0.15, -0.1) is 10.2 Å². The smallest absolute Gasteiger partial charge is 0.277 e. The van der Waals surface area contributed by atoms with Gasteiger partial charge in [0.2, 0.25) is 21.8 Å². The number of carbonyl (C=O) groups is 1. The minimum Gasteiger partial charge on any atom is -0.411 e. The molecule has 0 saturated carbocycles. The summed E-state index contributed by atoms with van der Waals surface area (Å²) in [6, 6.07) is 6.55. The molecule has 9 nitrogen and oxygen atoms in total. The van der Waals surface area contributed by atoms with Crippen LogP contribution in [0.15, 0.2) is 33.9 Å². The van der Waals surface area contributed by atoms with Crippen LogP contribution in [0.1, 0.15) is 12.8 Å². The molecule has 0 aliphatic carbocycles. The SMILES string of the molecule is CS(=O)(=O)Nc1ccc(-c2nnc(SCC(=O)NCC3CCCO3)o2)cc1. The third kappa shape index (κ3) is 6.22. The van der Waals surface area contributed by atoms with Crippen LogP contribution in [0.25, 0.3) is 11.5 Å². The van der Waals surface area contributed by atoms with Gasteiger partial charge < -0.3 is 14.5 Å². The van der Waals surface area contributed by atoms with Crippen molar-refractivity contribution in [3.8, 4) is 11.5 Å². The summed E-state index contributed by atoms with van der Waals surface area (Å²) in [5.41, 5.74) is 1.09. The molecule has 146 valence electrons. The van der Waals surface area contributed by atoms with E-state index >= 15 is 0 Å². The van der Waals surface area contributed by atoms with Crippen LogP contribution in [0.4, 0.5) is 5.69 Å². The Morgan fingerprint density at radius 3 is 2.74 bits per heavy atom. The lowest BCUT2D eigenvalue weighted by Crippen LogP contribution is -2.32. The molecule has 2 heterocycles. The third-order valence-electron chi connectivity index (χ3n) is 3.72. The van der Waals surface area contributed by atoms with E-state index in [4.69, 9.17) is 9.15 Å². The number of hydrogen-bond donors (Lipinski definition) is 2. The number of anilines is 1. The van der Waals surface area contributed by atoms with E-state index in [1.165, 1.54) is 0 Å². The summed E-state index contributed by atoms with van der Waals surface area (Å²) in [5.74, 6) is 0.348. The quantitative estimate of drug-likeness (QED) is 0.625. The maximum absolute atomic E-state index is 11.9. The molecule has 1 aromatic carbocycles. The van der Waals surface area contributed by atoms with Crippen LogP contribution < -0.4 is 10.0 Å². The number of benzene rings is 1. The molecule has 2 aromatic rings. The topological polar surface area (TPSA) is 123 Å². The second-order valence-corrected chi connectivity index (χ2v) is 8.73. The van der Waals surface area contributed by atoms with Crippen molar-refractivity contribution >= 4 is 33.4 Å². The molecule has 1 amide bonds. The van der Waals surface area contributed by atoms with Crippen molar-refractivity contribution in [1.29, 1.82) is 0 Å². The largest absolute Gasteiger partial charge is 0.411 e. The first kappa shape index (κ1) is 19.6. The Labute approximate surface area is 161 Å². The van der Waals surface area contributed by atoms with Crippen LogP contribution in [-0.2, 0) is 19.6 Å². The Bertz CT molecular complexity index is 876. The van der Waals surface area contributed by atoms with E-state index in [1.54, 1.807) is 24.3 Å². The highest BCUT2D eigenvalue weighted by molar-refractivity contribution is 7.99. The van der Waals surface area contributed by atoms with Crippen LogP contribution in [0.2, 0.25) is 0 Å². The third-order valence-corrected chi connectivity index (χ3v) is 5.14. The van der Waals surface area contributed by atoms with E-state index in [0.29, 0.717) is 23.7 Å². The van der Waals surface area contributed by atoms with E-state index in [-0.39, 0.29) is 23.0 Å². The molecule has 1 fully saturated rings. The van der Waals surface area contributed by atoms with Gasteiger partial charge in [-0.2, -0.15) is 0 Å². The monoisotopic (exact) mass is 412 g/mol. The fourth-order valence-corrected chi connectivity index (χ4v) is 3.65. The molecule has 0 bridgehead atoms. The molecule has 2 N–H and O–H groups in total. The minimum atomic E-state index is -3.33. The summed E-state index contributed by atoms with van der Waals surface area (Å²) in [5, 5.41) is 11.0. The number of thioether (sulfide) groups is 1. The Balaban J connectivity index is 1.49. The van der Waals surface area contributed by atoms with E-state index in [0.717, 1.165) is 37.5 Å². The van der Waals surface area contributed by atoms with Crippen molar-refractivity contribution in [1.82, 2.24) is 15.5 Å². The van der Waals surface area contributed by atoms with Gasteiger partial charge in [0.05, 0.1) is 18.1 Å². The highest BCUT2D eigenvalue weighted by Crippen LogP contribution is 2.24. The lowest BCUT2D eigenvalue weighted by molar-refractivity contribution is -0.119. The van der Waals surface area contributed by atoms with Gasteiger partial charge in [0.25, 0.3) is 5.22 Å². The number of hydrogen-bond acceptors (Lipinski definition) is 8. The number of ether oxygens (including phenoxy) is 1. The molecule has 0 spiro atoms. The van der Waals surface area contributed by atoms with Crippen LogP contribution in [-0.4, -0.2) is 55.8 Å². The zero-order valence-electron chi connectivity index (χ0n) is 14.7. The first-order valence-electron chi connectivity index (χ1n) is 8.32. The second kappa shape index (κ2) is 8.72. The van der Waals surface area contributed by atoms with E-state index in [9.17, 15) is 13.2 Å². The summed E-state index contributed by atoms with van der Waals surface area (Å²) in [4.78, 5) is 11.9.